The van der Waals surface area contributed by atoms with Crippen molar-refractivity contribution >= 4 is 51.2 Å². The maximum Gasteiger partial charge on any atom is 0.148 e. The van der Waals surface area contributed by atoms with Crippen molar-refractivity contribution in [3.63, 3.8) is 0 Å². The molecule has 6 rings (SSSR count). The first-order valence-electron chi connectivity index (χ1n) is 47.7. The smallest absolute Gasteiger partial charge is 0.148 e. The second-order valence-electron chi connectivity index (χ2n) is 35.1. The predicted molar refractivity (Wildman–Crippen MR) is 539 cm³/mol. The lowest BCUT2D eigenvalue weighted by Crippen LogP contribution is -2.48. The van der Waals surface area contributed by atoms with Crippen LogP contribution in [0.3, 0.4) is 0 Å². The lowest BCUT2D eigenvalue weighted by atomic mass is 9.78. The molecule has 0 amide bonds. The van der Waals surface area contributed by atoms with E-state index in [0.29, 0.717) is 40.4 Å². The third-order valence-electron chi connectivity index (χ3n) is 23.4. The summed E-state index contributed by atoms with van der Waals surface area (Å²) >= 11 is 0. The fraction of sp³-hybridized carbons (Fsp3) is 0.518. The van der Waals surface area contributed by atoms with Gasteiger partial charge in [0.2, 0.25) is 0 Å². The van der Waals surface area contributed by atoms with Crippen LogP contribution < -0.4 is 24.5 Å². The first-order chi connectivity index (χ1) is 63.1. The Bertz CT molecular complexity index is 4960. The third kappa shape index (κ3) is 41.8. The summed E-state index contributed by atoms with van der Waals surface area (Å²) in [4.78, 5) is 12.3. The van der Waals surface area contributed by atoms with Gasteiger partial charge in [-0.25, -0.2) is 0 Å². The van der Waals surface area contributed by atoms with Crippen molar-refractivity contribution in [3.05, 3.63) is 182 Å². The summed E-state index contributed by atoms with van der Waals surface area (Å²) in [5.74, 6) is 3.90. The topological polar surface area (TPSA) is 349 Å². The van der Waals surface area contributed by atoms with Crippen molar-refractivity contribution in [2.45, 2.75) is 291 Å². The van der Waals surface area contributed by atoms with Crippen LogP contribution in [0.5, 0.6) is 0 Å². The first kappa shape index (κ1) is 116. The van der Waals surface area contributed by atoms with E-state index in [4.69, 9.17) is 57.9 Å². The largest absolute Gasteiger partial charge is 0.372 e. The summed E-state index contributed by atoms with van der Waals surface area (Å²) < 4.78 is 0. The molecule has 4 atom stereocenters. The van der Waals surface area contributed by atoms with Crippen LogP contribution >= 0.6 is 0 Å². The van der Waals surface area contributed by atoms with E-state index in [1.807, 2.05) is 104 Å². The summed E-state index contributed by atoms with van der Waals surface area (Å²) in [6.45, 7) is 51.7. The standard InChI is InChI=1S/C23H30N4.C22H39N.C21H26N4.C21H27N3.C20H24N4.C5HN3/c1-4-7-9-19(6-3)18-27(14-8-5-2)22-12-10-20(11-13-22)23(17-26)21(15-24)16-25;1-5-9-14-20(7-3)18-23(22-16-12-11-13-17-22)19-21(8-4)15-10-6-2;1-3-5-6-7-8-9-14-25(4-2)20-12-10-18(11-13-20)21(17-24)19(15-22)16-23;1-6-7-8-24-20-9-15(2)18(10-17(13-22)14-23)11-19(20)16(3)12-21(24,4)5;1-14(2)12-24(13-15(3)4)18-6-7-19(16(5)8-18)20(11-23)17(9-21)10-22;6-2-1-5(3-7)4-8/h10-13,19H,4-9,14,18H2,1-3H3;11-13,16-17,20-21H,5-10,14-15,18-19H2,1-4H3;10-13H,3-9,14H2,1-2H3;9-11,16H,6-8,12H2,1-5H3;6-8,14-15H,12-13H2,1-5H3;1H. The van der Waals surface area contributed by atoms with Gasteiger partial charge in [0.1, 0.15) is 107 Å². The summed E-state index contributed by atoms with van der Waals surface area (Å²) in [5, 5.41) is 124. The highest BCUT2D eigenvalue weighted by atomic mass is 15.2. The second-order valence-corrected chi connectivity index (χ2v) is 35.1. The quantitative estimate of drug-likeness (QED) is 0.0258. The lowest BCUT2D eigenvalue weighted by Gasteiger charge is -2.48. The van der Waals surface area contributed by atoms with Crippen LogP contribution in [0.4, 0.5) is 28.4 Å². The number of unbranched alkanes of at least 4 members (excludes halogenated alkanes) is 10. The Kier molecular flexibility index (Phi) is 59.9. The van der Waals surface area contributed by atoms with Gasteiger partial charge in [0.05, 0.1) is 22.8 Å². The molecular formula is C112H147N19. The molecule has 0 aromatic heterocycles. The third-order valence-corrected chi connectivity index (χ3v) is 23.4. The molecule has 19 heteroatoms. The van der Waals surface area contributed by atoms with E-state index in [1.54, 1.807) is 48.6 Å². The molecule has 5 aromatic rings. The summed E-state index contributed by atoms with van der Waals surface area (Å²) in [6, 6.07) is 61.8. The average Bonchev–Trinajstić information content (AvgIpc) is 0.754. The molecule has 690 valence electrons. The Labute approximate surface area is 790 Å². The molecule has 0 saturated heterocycles. The minimum absolute atomic E-state index is 0.135. The molecule has 0 aliphatic carbocycles. The van der Waals surface area contributed by atoms with Gasteiger partial charge < -0.3 is 24.5 Å². The number of para-hydroxylation sites is 1. The van der Waals surface area contributed by atoms with E-state index in [1.165, 1.54) is 171 Å². The normalized spacial score (nSPS) is 12.0. The zero-order valence-corrected chi connectivity index (χ0v) is 82.6. The molecule has 19 nitrogen and oxygen atoms in total. The van der Waals surface area contributed by atoms with Gasteiger partial charge in [-0.1, -0.05) is 248 Å². The SMILES string of the molecule is CCCCC(CC)CN(CC(CC)CCCC)c1ccccc1.CCCCC(CC)CN(CCCC)c1ccc(C(C#N)=C(C#N)C#N)cc1.CCCCCCCCN(CC)c1ccc(C(C#N)=C(C#N)C#N)cc1.CCCCN1c2cc(C)c(C=C(C#N)C#N)cc2C(C)CC1(C)C.Cc1cc(N(CC(C)C)CC(C)C)ccc1C(C#N)=C(C#N)C#N.N#CC=C(C#N)C#N. The summed E-state index contributed by atoms with van der Waals surface area (Å²) in [6.07, 6.45) is 31.7. The van der Waals surface area contributed by atoms with Crippen LogP contribution in [0.2, 0.25) is 0 Å². The van der Waals surface area contributed by atoms with Crippen molar-refractivity contribution in [2.75, 3.05) is 83.4 Å². The number of hydrogen-bond acceptors (Lipinski definition) is 19. The number of fused-ring (bicyclic) bond motifs is 1. The van der Waals surface area contributed by atoms with Gasteiger partial charge in [-0.05, 0) is 221 Å². The number of nitrogens with zero attached hydrogens (tertiary/aromatic N) is 19. The maximum absolute atomic E-state index is 9.33. The Morgan fingerprint density at radius 3 is 1.18 bits per heavy atom. The van der Waals surface area contributed by atoms with Gasteiger partial charge in [0.15, 0.2) is 0 Å². The molecule has 131 heavy (non-hydrogen) atoms. The number of rotatable bonds is 44. The molecule has 0 radical (unpaired) electrons. The maximum atomic E-state index is 9.33. The van der Waals surface area contributed by atoms with E-state index in [-0.39, 0.29) is 50.1 Å². The van der Waals surface area contributed by atoms with Crippen LogP contribution in [0, 0.1) is 202 Å². The van der Waals surface area contributed by atoms with Crippen molar-refractivity contribution in [3.8, 4) is 85.0 Å². The second kappa shape index (κ2) is 67.8. The van der Waals surface area contributed by atoms with Crippen LogP contribution in [0.15, 0.2) is 143 Å². The van der Waals surface area contributed by atoms with E-state index in [0.717, 1.165) is 117 Å². The molecule has 0 spiro atoms. The summed E-state index contributed by atoms with van der Waals surface area (Å²) in [5.41, 5.74) is 12.4. The van der Waals surface area contributed by atoms with Gasteiger partial charge in [-0.3, -0.25) is 0 Å². The average molecular weight is 1760 g/mol. The number of aryl methyl sites for hydroxylation is 2. The van der Waals surface area contributed by atoms with E-state index in [9.17, 15) is 15.8 Å². The Balaban J connectivity index is 0.000000801. The molecular weight excluding hydrogens is 1610 g/mol. The molecule has 0 bridgehead atoms. The van der Waals surface area contributed by atoms with Gasteiger partial charge in [0.25, 0.3) is 0 Å². The Morgan fingerprint density at radius 1 is 0.397 bits per heavy atom. The van der Waals surface area contributed by atoms with Crippen molar-refractivity contribution in [1.82, 2.24) is 0 Å². The zero-order valence-electron chi connectivity index (χ0n) is 82.6. The first-order valence-corrected chi connectivity index (χ1v) is 47.7. The van der Waals surface area contributed by atoms with Gasteiger partial charge in [-0.2, -0.15) is 73.7 Å². The van der Waals surface area contributed by atoms with Gasteiger partial charge in [0, 0.05) is 99.0 Å². The minimum Gasteiger partial charge on any atom is -0.372 e. The molecule has 0 fully saturated rings. The molecule has 1 aliphatic heterocycles. The van der Waals surface area contributed by atoms with Crippen LogP contribution in [-0.4, -0.2) is 64.4 Å². The highest BCUT2D eigenvalue weighted by Crippen LogP contribution is 2.45. The highest BCUT2D eigenvalue weighted by molar-refractivity contribution is 5.87. The number of benzene rings is 5. The van der Waals surface area contributed by atoms with Crippen LogP contribution in [-0.2, 0) is 0 Å². The van der Waals surface area contributed by atoms with Crippen LogP contribution in [0.1, 0.15) is 310 Å². The van der Waals surface area contributed by atoms with Gasteiger partial charge in [-0.15, -0.1) is 0 Å². The van der Waals surface area contributed by atoms with E-state index in [2.05, 4.69) is 192 Å². The van der Waals surface area contributed by atoms with Crippen LogP contribution in [0.25, 0.3) is 22.8 Å². The zero-order chi connectivity index (χ0) is 98.1. The monoisotopic (exact) mass is 1760 g/mol. The number of anilines is 5. The Morgan fingerprint density at radius 2 is 0.794 bits per heavy atom. The molecule has 1 heterocycles. The molecule has 1 aliphatic rings. The van der Waals surface area contributed by atoms with E-state index < -0.39 is 0 Å². The fourth-order valence-electron chi connectivity index (χ4n) is 15.9. The van der Waals surface area contributed by atoms with Crippen molar-refractivity contribution in [2.24, 2.45) is 29.6 Å². The number of nitriles is 14. The van der Waals surface area contributed by atoms with Crippen molar-refractivity contribution in [1.29, 1.82) is 73.7 Å². The Hall–Kier alpha value is -13.3. The molecule has 4 unspecified atom stereocenters. The number of allylic oxidation sites excluding steroid dienone is 9. The molecule has 0 saturated carbocycles. The van der Waals surface area contributed by atoms with Crippen molar-refractivity contribution < 1.29 is 0 Å². The van der Waals surface area contributed by atoms with Gasteiger partial charge >= 0.3 is 0 Å². The lowest BCUT2D eigenvalue weighted by molar-refractivity contribution is 0.373. The highest BCUT2D eigenvalue weighted by Gasteiger charge is 2.36. The summed E-state index contributed by atoms with van der Waals surface area (Å²) in [7, 11) is 0. The number of hydrogen-bond donors (Lipinski definition) is 0. The predicted octanol–water partition coefficient (Wildman–Crippen LogP) is 28.2. The molecule has 5 aromatic carbocycles. The minimum atomic E-state index is -0.160. The van der Waals surface area contributed by atoms with E-state index >= 15 is 0 Å². The molecule has 0 N–H and O–H groups in total. The fourth-order valence-corrected chi connectivity index (χ4v) is 15.9.